The molecule has 0 unspecified atom stereocenters. The summed E-state index contributed by atoms with van der Waals surface area (Å²) in [5, 5.41) is 3.53. The summed E-state index contributed by atoms with van der Waals surface area (Å²) in [6.07, 6.45) is 16.2. The Bertz CT molecular complexity index is 1170. The summed E-state index contributed by atoms with van der Waals surface area (Å²) in [6, 6.07) is 4.11. The highest BCUT2D eigenvalue weighted by atomic mass is 32.2. The molecule has 6 nitrogen and oxygen atoms in total. The van der Waals surface area contributed by atoms with E-state index >= 15 is 0 Å². The van der Waals surface area contributed by atoms with Crippen LogP contribution < -0.4 is 10.9 Å². The maximum absolute atomic E-state index is 13.6. The van der Waals surface area contributed by atoms with Gasteiger partial charge in [0.05, 0.1) is 10.5 Å². The van der Waals surface area contributed by atoms with Crippen LogP contribution in [0.1, 0.15) is 88.7 Å². The van der Waals surface area contributed by atoms with Crippen LogP contribution in [0.15, 0.2) is 28.0 Å². The number of unbranched alkanes of at least 4 members (excludes halogenated alkanes) is 5. The summed E-state index contributed by atoms with van der Waals surface area (Å²) in [5.74, 6) is 0.456. The van der Waals surface area contributed by atoms with Crippen LogP contribution in [0.5, 0.6) is 0 Å². The normalized spacial score (nSPS) is 18.2. The molecule has 0 radical (unpaired) electrons. The number of anilines is 1. The van der Waals surface area contributed by atoms with Crippen LogP contribution in [-0.4, -0.2) is 37.1 Å². The van der Waals surface area contributed by atoms with Gasteiger partial charge in [-0.25, -0.2) is 4.98 Å². The molecule has 3 heterocycles. The minimum absolute atomic E-state index is 0.106. The number of hydrogen-bond acceptors (Lipinski definition) is 6. The van der Waals surface area contributed by atoms with E-state index in [0.29, 0.717) is 32.8 Å². The topological polar surface area (TPSA) is 66.7 Å². The summed E-state index contributed by atoms with van der Waals surface area (Å²) in [7, 11) is 0. The number of thioether (sulfide) groups is 1. The number of fused-ring (bicyclic) bond motifs is 1. The van der Waals surface area contributed by atoms with Crippen molar-refractivity contribution in [3.63, 3.8) is 0 Å². The fourth-order valence-electron chi connectivity index (χ4n) is 4.81. The first-order valence-corrected chi connectivity index (χ1v) is 14.3. The zero-order valence-corrected chi connectivity index (χ0v) is 22.5. The van der Waals surface area contributed by atoms with Crippen molar-refractivity contribution >= 4 is 51.7 Å². The van der Waals surface area contributed by atoms with Crippen molar-refractivity contribution < 1.29 is 4.79 Å². The van der Waals surface area contributed by atoms with Crippen LogP contribution in [-0.2, 0) is 4.79 Å². The molecule has 0 bridgehead atoms. The lowest BCUT2D eigenvalue weighted by Gasteiger charge is -2.24. The number of carbonyl (C=O) groups excluding carboxylic acids is 1. The first kappa shape index (κ1) is 25.9. The molecule has 0 atom stereocenters. The molecule has 1 aliphatic carbocycles. The standard InChI is InChI=1S/C27H36N4O2S2/c1-3-4-5-6-7-11-16-30-26(33)22(35-27(30)34)17-21-24(28-20-12-9-8-10-13-20)29-23-15-14-19(2)18-31(23)25(21)32/h14-15,17-18,20,28H,3-13,16H2,1-2H3/b22-17+. The molecule has 1 amide bonds. The minimum atomic E-state index is -0.168. The van der Waals surface area contributed by atoms with Gasteiger partial charge >= 0.3 is 0 Å². The quantitative estimate of drug-likeness (QED) is 0.229. The Hall–Kier alpha value is -2.19. The number of pyridine rings is 1. The second-order valence-corrected chi connectivity index (χ2v) is 11.4. The van der Waals surface area contributed by atoms with E-state index in [2.05, 4.69) is 12.2 Å². The van der Waals surface area contributed by atoms with Gasteiger partial charge in [-0.15, -0.1) is 0 Å². The number of aromatic nitrogens is 2. The highest BCUT2D eigenvalue weighted by Gasteiger charge is 2.32. The van der Waals surface area contributed by atoms with Crippen molar-refractivity contribution in [3.8, 4) is 0 Å². The van der Waals surface area contributed by atoms with E-state index in [-0.39, 0.29) is 17.5 Å². The average Bonchev–Trinajstić information content (AvgIpc) is 3.12. The molecule has 188 valence electrons. The van der Waals surface area contributed by atoms with Crippen molar-refractivity contribution in [1.82, 2.24) is 14.3 Å². The van der Waals surface area contributed by atoms with E-state index < -0.39 is 0 Å². The largest absolute Gasteiger partial charge is 0.367 e. The fourth-order valence-corrected chi connectivity index (χ4v) is 6.10. The molecule has 1 saturated heterocycles. The average molecular weight is 513 g/mol. The van der Waals surface area contributed by atoms with Crippen LogP contribution in [0, 0.1) is 6.92 Å². The van der Waals surface area contributed by atoms with E-state index in [1.165, 1.54) is 56.7 Å². The molecule has 2 aromatic rings. The zero-order chi connectivity index (χ0) is 24.8. The summed E-state index contributed by atoms with van der Waals surface area (Å²) in [5.41, 5.74) is 1.84. The molecule has 2 aromatic heterocycles. The summed E-state index contributed by atoms with van der Waals surface area (Å²) >= 11 is 6.82. The lowest BCUT2D eigenvalue weighted by Crippen LogP contribution is -2.29. The van der Waals surface area contributed by atoms with E-state index in [9.17, 15) is 9.59 Å². The lowest BCUT2D eigenvalue weighted by molar-refractivity contribution is -0.122. The van der Waals surface area contributed by atoms with Crippen LogP contribution >= 0.6 is 24.0 Å². The van der Waals surface area contributed by atoms with Crippen molar-refractivity contribution in [1.29, 1.82) is 0 Å². The number of aryl methyl sites for hydroxylation is 1. The molecule has 2 aliphatic rings. The second kappa shape index (κ2) is 12.2. The Balaban J connectivity index is 1.60. The number of amides is 1. The van der Waals surface area contributed by atoms with Crippen molar-refractivity contribution in [2.24, 2.45) is 0 Å². The van der Waals surface area contributed by atoms with Gasteiger partial charge in [-0.05, 0) is 43.9 Å². The van der Waals surface area contributed by atoms with Gasteiger partial charge in [-0.3, -0.25) is 18.9 Å². The zero-order valence-electron chi connectivity index (χ0n) is 20.8. The van der Waals surface area contributed by atoms with Crippen molar-refractivity contribution in [3.05, 3.63) is 44.7 Å². The van der Waals surface area contributed by atoms with E-state index in [1.54, 1.807) is 21.6 Å². The Morgan fingerprint density at radius 1 is 1.11 bits per heavy atom. The van der Waals surface area contributed by atoms with Gasteiger partial charge in [0.15, 0.2) is 0 Å². The predicted molar refractivity (Wildman–Crippen MR) is 150 cm³/mol. The maximum atomic E-state index is 13.6. The third-order valence-electron chi connectivity index (χ3n) is 6.84. The van der Waals surface area contributed by atoms with Gasteiger partial charge in [-0.1, -0.05) is 88.3 Å². The van der Waals surface area contributed by atoms with Crippen LogP contribution in [0.2, 0.25) is 0 Å². The molecule has 1 aliphatic heterocycles. The summed E-state index contributed by atoms with van der Waals surface area (Å²) in [4.78, 5) is 33.8. The number of nitrogens with one attached hydrogen (secondary N) is 1. The number of thiocarbonyl (C=S) groups is 1. The van der Waals surface area contributed by atoms with E-state index in [0.717, 1.165) is 31.2 Å². The molecule has 8 heteroatoms. The van der Waals surface area contributed by atoms with Crippen molar-refractivity contribution in [2.75, 3.05) is 11.9 Å². The SMILES string of the molecule is CCCCCCCCN1C(=O)/C(=C\c2c(NC3CCCCC3)nc3ccc(C)cn3c2=O)SC1=S. The third-order valence-corrected chi connectivity index (χ3v) is 8.21. The molecule has 0 spiro atoms. The molecule has 2 fully saturated rings. The fraction of sp³-hybridized carbons (Fsp3) is 0.556. The molecular formula is C27H36N4O2S2. The number of hydrogen-bond donors (Lipinski definition) is 1. The summed E-state index contributed by atoms with van der Waals surface area (Å²) < 4.78 is 2.14. The Kier molecular flexibility index (Phi) is 9.00. The van der Waals surface area contributed by atoms with Crippen LogP contribution in [0.4, 0.5) is 5.82 Å². The molecule has 4 rings (SSSR count). The van der Waals surface area contributed by atoms with Gasteiger partial charge in [0.1, 0.15) is 15.8 Å². The second-order valence-electron chi connectivity index (χ2n) is 9.69. The van der Waals surface area contributed by atoms with Gasteiger partial charge in [0.2, 0.25) is 0 Å². The Morgan fingerprint density at radius 2 is 1.86 bits per heavy atom. The lowest BCUT2D eigenvalue weighted by atomic mass is 9.95. The number of rotatable bonds is 10. The molecule has 35 heavy (non-hydrogen) atoms. The number of carbonyl (C=O) groups is 1. The predicted octanol–water partition coefficient (Wildman–Crippen LogP) is 6.31. The van der Waals surface area contributed by atoms with E-state index in [1.807, 2.05) is 19.1 Å². The van der Waals surface area contributed by atoms with E-state index in [4.69, 9.17) is 17.2 Å². The molecule has 0 aromatic carbocycles. The minimum Gasteiger partial charge on any atom is -0.367 e. The first-order chi connectivity index (χ1) is 17.0. The van der Waals surface area contributed by atoms with Crippen LogP contribution in [0.25, 0.3) is 11.7 Å². The Morgan fingerprint density at radius 3 is 2.63 bits per heavy atom. The summed E-state index contributed by atoms with van der Waals surface area (Å²) in [6.45, 7) is 4.79. The van der Waals surface area contributed by atoms with Gasteiger partial charge in [0, 0.05) is 18.8 Å². The highest BCUT2D eigenvalue weighted by molar-refractivity contribution is 8.26. The van der Waals surface area contributed by atoms with Gasteiger partial charge in [-0.2, -0.15) is 0 Å². The monoisotopic (exact) mass is 512 g/mol. The first-order valence-electron chi connectivity index (χ1n) is 13.0. The molecule has 1 saturated carbocycles. The van der Waals surface area contributed by atoms with Gasteiger partial charge in [0.25, 0.3) is 11.5 Å². The third kappa shape index (κ3) is 6.33. The van der Waals surface area contributed by atoms with Crippen LogP contribution in [0.3, 0.4) is 0 Å². The maximum Gasteiger partial charge on any atom is 0.267 e. The highest BCUT2D eigenvalue weighted by Crippen LogP contribution is 2.33. The van der Waals surface area contributed by atoms with Crippen molar-refractivity contribution in [2.45, 2.75) is 90.5 Å². The Labute approximate surface area is 217 Å². The smallest absolute Gasteiger partial charge is 0.267 e. The number of nitrogens with zero attached hydrogens (tertiary/aromatic N) is 3. The molecule has 1 N–H and O–H groups in total. The molecular weight excluding hydrogens is 476 g/mol. The van der Waals surface area contributed by atoms with Gasteiger partial charge < -0.3 is 5.32 Å².